The van der Waals surface area contributed by atoms with Gasteiger partial charge >= 0.3 is 0 Å². The first-order valence-electron chi connectivity index (χ1n) is 9.46. The maximum Gasteiger partial charge on any atom is 0.120 e. The summed E-state index contributed by atoms with van der Waals surface area (Å²) in [6.45, 7) is 9.09. The number of hydrogen-bond acceptors (Lipinski definition) is 6. The van der Waals surface area contributed by atoms with Gasteiger partial charge < -0.3 is 13.3 Å². The second-order valence-electron chi connectivity index (χ2n) is 7.26. The third-order valence-electron chi connectivity index (χ3n) is 5.60. The molecule has 0 bridgehead atoms. The summed E-state index contributed by atoms with van der Waals surface area (Å²) in [5.74, 6) is 2.94. The van der Waals surface area contributed by atoms with Gasteiger partial charge in [0.25, 0.3) is 0 Å². The van der Waals surface area contributed by atoms with E-state index in [4.69, 9.17) is 13.3 Å². The molecule has 4 heterocycles. The van der Waals surface area contributed by atoms with Gasteiger partial charge in [0.1, 0.15) is 17.3 Å². The molecule has 3 aromatic rings. The van der Waals surface area contributed by atoms with Crippen molar-refractivity contribution in [3.63, 3.8) is 0 Å². The Morgan fingerprint density at radius 3 is 1.11 bits per heavy atom. The molecular weight excluding hydrogens is 342 g/mol. The minimum absolute atomic E-state index is 0.179. The van der Waals surface area contributed by atoms with Crippen LogP contribution in [0.25, 0.3) is 0 Å². The maximum atomic E-state index is 5.67. The summed E-state index contributed by atoms with van der Waals surface area (Å²) in [4.78, 5) is 7.25. The lowest BCUT2D eigenvalue weighted by Crippen LogP contribution is -2.56. The van der Waals surface area contributed by atoms with Gasteiger partial charge in [-0.05, 0) is 57.2 Å². The summed E-state index contributed by atoms with van der Waals surface area (Å²) in [6, 6.07) is 12.5. The Hall–Kier alpha value is -2.28. The van der Waals surface area contributed by atoms with Crippen LogP contribution in [-0.4, -0.2) is 34.7 Å². The molecule has 6 heteroatoms. The highest BCUT2D eigenvalue weighted by atomic mass is 16.3. The largest absolute Gasteiger partial charge is 0.468 e. The molecule has 6 nitrogen and oxygen atoms in total. The quantitative estimate of drug-likeness (QED) is 0.620. The highest BCUT2D eigenvalue weighted by Gasteiger charge is 2.34. The molecule has 1 aliphatic heterocycles. The lowest BCUT2D eigenvalue weighted by Gasteiger charge is -2.47. The van der Waals surface area contributed by atoms with Gasteiger partial charge in [-0.15, -0.1) is 0 Å². The molecule has 3 atom stereocenters. The third-order valence-corrected chi connectivity index (χ3v) is 5.60. The monoisotopic (exact) mass is 369 g/mol. The van der Waals surface area contributed by atoms with E-state index in [1.165, 1.54) is 0 Å². The zero-order valence-corrected chi connectivity index (χ0v) is 16.1. The molecule has 1 saturated heterocycles. The van der Waals surface area contributed by atoms with Crippen LogP contribution in [0.4, 0.5) is 0 Å². The Bertz CT molecular complexity index is 682. The lowest BCUT2D eigenvalue weighted by atomic mass is 10.1. The summed E-state index contributed by atoms with van der Waals surface area (Å²) in [5, 5.41) is 0. The second kappa shape index (κ2) is 7.76. The van der Waals surface area contributed by atoms with E-state index in [2.05, 4.69) is 35.5 Å². The van der Waals surface area contributed by atoms with Gasteiger partial charge in [-0.25, -0.2) is 0 Å². The van der Waals surface area contributed by atoms with Crippen molar-refractivity contribution in [2.24, 2.45) is 0 Å². The van der Waals surface area contributed by atoms with E-state index in [0.29, 0.717) is 0 Å². The predicted octanol–water partition coefficient (Wildman–Crippen LogP) is 4.84. The van der Waals surface area contributed by atoms with Crippen LogP contribution < -0.4 is 0 Å². The zero-order valence-electron chi connectivity index (χ0n) is 16.1. The topological polar surface area (TPSA) is 49.1 Å². The molecule has 27 heavy (non-hydrogen) atoms. The van der Waals surface area contributed by atoms with Crippen molar-refractivity contribution in [2.45, 2.75) is 38.9 Å². The lowest BCUT2D eigenvalue weighted by molar-refractivity contribution is -0.0882. The van der Waals surface area contributed by atoms with Crippen LogP contribution in [0.5, 0.6) is 0 Å². The Morgan fingerprint density at radius 1 is 0.593 bits per heavy atom. The fourth-order valence-electron chi connectivity index (χ4n) is 3.70. The van der Waals surface area contributed by atoms with Crippen molar-refractivity contribution < 1.29 is 13.3 Å². The zero-order chi connectivity index (χ0) is 18.8. The smallest absolute Gasteiger partial charge is 0.120 e. The van der Waals surface area contributed by atoms with Gasteiger partial charge in [-0.3, -0.25) is 14.7 Å². The first-order chi connectivity index (χ1) is 13.1. The van der Waals surface area contributed by atoms with E-state index < -0.39 is 0 Å². The fourth-order valence-corrected chi connectivity index (χ4v) is 3.70. The third kappa shape index (κ3) is 3.74. The number of hydrogen-bond donors (Lipinski definition) is 0. The van der Waals surface area contributed by atoms with Crippen LogP contribution in [0, 0.1) is 0 Å². The normalized spacial score (nSPS) is 20.6. The Balaban J connectivity index is 1.58. The fraction of sp³-hybridized carbons (Fsp3) is 0.429. The van der Waals surface area contributed by atoms with Gasteiger partial charge in [0, 0.05) is 0 Å². The van der Waals surface area contributed by atoms with Gasteiger partial charge in [-0.1, -0.05) is 0 Å². The van der Waals surface area contributed by atoms with E-state index in [0.717, 1.165) is 37.3 Å². The molecule has 1 aliphatic rings. The van der Waals surface area contributed by atoms with Crippen molar-refractivity contribution >= 4 is 0 Å². The van der Waals surface area contributed by atoms with Gasteiger partial charge in [-0.2, -0.15) is 0 Å². The molecule has 0 radical (unpaired) electrons. The second-order valence-corrected chi connectivity index (χ2v) is 7.26. The summed E-state index contributed by atoms with van der Waals surface area (Å²) >= 11 is 0. The van der Waals surface area contributed by atoms with E-state index in [1.807, 2.05) is 36.4 Å². The molecule has 0 spiro atoms. The van der Waals surface area contributed by atoms with E-state index >= 15 is 0 Å². The summed E-state index contributed by atoms with van der Waals surface area (Å²) in [5.41, 5.74) is 0. The molecule has 0 aliphatic carbocycles. The van der Waals surface area contributed by atoms with Gasteiger partial charge in [0.05, 0.1) is 56.9 Å². The molecule has 3 aromatic heterocycles. The molecule has 3 unspecified atom stereocenters. The molecular formula is C21H27N3O3. The molecule has 0 N–H and O–H groups in total. The average Bonchev–Trinajstić information content (AvgIpc) is 3.47. The molecule has 0 aromatic carbocycles. The summed E-state index contributed by atoms with van der Waals surface area (Å²) in [6.07, 6.45) is 5.22. The number of nitrogens with zero attached hydrogens (tertiary/aromatic N) is 3. The van der Waals surface area contributed by atoms with Crippen molar-refractivity contribution in [3.8, 4) is 0 Å². The molecule has 0 saturated carbocycles. The van der Waals surface area contributed by atoms with Crippen molar-refractivity contribution in [1.82, 2.24) is 14.7 Å². The van der Waals surface area contributed by atoms with Crippen LogP contribution in [0.3, 0.4) is 0 Å². The first-order valence-corrected chi connectivity index (χ1v) is 9.46. The van der Waals surface area contributed by atoms with Gasteiger partial charge in [0.15, 0.2) is 0 Å². The predicted molar refractivity (Wildman–Crippen MR) is 101 cm³/mol. The number of rotatable bonds is 6. The Morgan fingerprint density at radius 2 is 0.889 bits per heavy atom. The first kappa shape index (κ1) is 18.1. The highest BCUT2D eigenvalue weighted by molar-refractivity contribution is 5.08. The van der Waals surface area contributed by atoms with E-state index in [-0.39, 0.29) is 18.1 Å². The molecule has 4 rings (SSSR count). The Kier molecular flexibility index (Phi) is 5.20. The Labute approximate surface area is 159 Å². The SMILES string of the molecule is CC(c1ccco1)N1CN(C(C)c2ccco2)CN(C(C)c2ccco2)C1. The summed E-state index contributed by atoms with van der Waals surface area (Å²) < 4.78 is 17.0. The number of furan rings is 3. The van der Waals surface area contributed by atoms with Crippen LogP contribution in [0.15, 0.2) is 68.4 Å². The van der Waals surface area contributed by atoms with Crippen LogP contribution >= 0.6 is 0 Å². The van der Waals surface area contributed by atoms with Crippen LogP contribution in [0.1, 0.15) is 56.2 Å². The maximum absolute atomic E-state index is 5.67. The van der Waals surface area contributed by atoms with Gasteiger partial charge in [0.2, 0.25) is 0 Å². The van der Waals surface area contributed by atoms with Crippen LogP contribution in [0.2, 0.25) is 0 Å². The minimum Gasteiger partial charge on any atom is -0.468 e. The van der Waals surface area contributed by atoms with E-state index in [1.54, 1.807) is 18.8 Å². The summed E-state index contributed by atoms with van der Waals surface area (Å²) in [7, 11) is 0. The standard InChI is InChI=1S/C21H27N3O3/c1-16(19-7-4-10-25-19)22-13-23(17(2)20-8-5-11-26-20)15-24(14-22)18(3)21-9-6-12-27-21/h4-12,16-18H,13-15H2,1-3H3. The average molecular weight is 369 g/mol. The highest BCUT2D eigenvalue weighted by Crippen LogP contribution is 2.32. The minimum atomic E-state index is 0.179. The van der Waals surface area contributed by atoms with Crippen molar-refractivity contribution in [2.75, 3.05) is 20.0 Å². The van der Waals surface area contributed by atoms with E-state index in [9.17, 15) is 0 Å². The molecule has 0 amide bonds. The van der Waals surface area contributed by atoms with Crippen molar-refractivity contribution in [3.05, 3.63) is 72.5 Å². The van der Waals surface area contributed by atoms with Crippen molar-refractivity contribution in [1.29, 1.82) is 0 Å². The molecule has 1 fully saturated rings. The molecule has 144 valence electrons. The van der Waals surface area contributed by atoms with Crippen LogP contribution in [-0.2, 0) is 0 Å².